The zero-order chi connectivity index (χ0) is 19.2. The number of piperidine rings is 1. The Bertz CT molecular complexity index is 869. The lowest BCUT2D eigenvalue weighted by atomic mass is 9.77. The van der Waals surface area contributed by atoms with Crippen molar-refractivity contribution < 1.29 is 4.79 Å². The van der Waals surface area contributed by atoms with Gasteiger partial charge in [0.25, 0.3) is 5.91 Å². The molecule has 144 valence electrons. The standard InChI is InChI=1S/C20H28N6O/c1-13(2)9-15-10-16(25(3)24-15)18(27)26-8-4-6-20(12-26)7-5-14-11-22-19(21)23-17(14)20/h10-11,13H,4-9,12H2,1-3H3,(H2,21,22,23). The maximum Gasteiger partial charge on any atom is 0.272 e. The molecular formula is C20H28N6O. The van der Waals surface area contributed by atoms with Crippen LogP contribution < -0.4 is 5.73 Å². The molecule has 27 heavy (non-hydrogen) atoms. The summed E-state index contributed by atoms with van der Waals surface area (Å²) >= 11 is 0. The van der Waals surface area contributed by atoms with Crippen LogP contribution in [0.1, 0.15) is 60.5 Å². The summed E-state index contributed by atoms with van der Waals surface area (Å²) in [5, 5.41) is 4.54. The number of rotatable bonds is 3. The fourth-order valence-corrected chi connectivity index (χ4v) is 4.66. The second-order valence-corrected chi connectivity index (χ2v) is 8.46. The van der Waals surface area contributed by atoms with Crippen molar-refractivity contribution >= 4 is 11.9 Å². The van der Waals surface area contributed by atoms with Gasteiger partial charge >= 0.3 is 0 Å². The van der Waals surface area contributed by atoms with Gasteiger partial charge in [-0.2, -0.15) is 5.10 Å². The summed E-state index contributed by atoms with van der Waals surface area (Å²) in [6, 6.07) is 1.95. The predicted octanol–water partition coefficient (Wildman–Crippen LogP) is 2.11. The summed E-state index contributed by atoms with van der Waals surface area (Å²) in [5.74, 6) is 0.902. The summed E-state index contributed by atoms with van der Waals surface area (Å²) in [6.07, 6.45) is 6.73. The van der Waals surface area contributed by atoms with Crippen LogP contribution in [0.25, 0.3) is 0 Å². The highest BCUT2D eigenvalue weighted by molar-refractivity contribution is 5.93. The van der Waals surface area contributed by atoms with Crippen molar-refractivity contribution in [3.63, 3.8) is 0 Å². The average molecular weight is 368 g/mol. The van der Waals surface area contributed by atoms with Crippen molar-refractivity contribution in [2.75, 3.05) is 18.8 Å². The normalized spacial score (nSPS) is 21.9. The Morgan fingerprint density at radius 3 is 2.96 bits per heavy atom. The van der Waals surface area contributed by atoms with Crippen molar-refractivity contribution in [2.45, 2.75) is 51.4 Å². The van der Waals surface area contributed by atoms with Gasteiger partial charge in [-0.05, 0) is 49.7 Å². The highest BCUT2D eigenvalue weighted by Crippen LogP contribution is 2.44. The van der Waals surface area contributed by atoms with Crippen LogP contribution in [0, 0.1) is 5.92 Å². The average Bonchev–Trinajstić information content (AvgIpc) is 3.15. The smallest absolute Gasteiger partial charge is 0.272 e. The number of amides is 1. The van der Waals surface area contributed by atoms with Crippen molar-refractivity contribution in [3.8, 4) is 0 Å². The minimum atomic E-state index is -0.0837. The first-order valence-electron chi connectivity index (χ1n) is 9.82. The van der Waals surface area contributed by atoms with E-state index in [0.717, 1.165) is 50.0 Å². The molecule has 1 spiro atoms. The second kappa shape index (κ2) is 6.62. The van der Waals surface area contributed by atoms with Crippen molar-refractivity contribution in [3.05, 3.63) is 34.9 Å². The van der Waals surface area contributed by atoms with Crippen LogP contribution in [-0.2, 0) is 25.3 Å². The van der Waals surface area contributed by atoms with E-state index in [-0.39, 0.29) is 11.3 Å². The lowest BCUT2D eigenvalue weighted by molar-refractivity contribution is 0.0622. The van der Waals surface area contributed by atoms with Gasteiger partial charge in [-0.25, -0.2) is 9.97 Å². The van der Waals surface area contributed by atoms with Crippen LogP contribution in [-0.4, -0.2) is 43.6 Å². The van der Waals surface area contributed by atoms with Crippen LogP contribution in [0.5, 0.6) is 0 Å². The Kier molecular flexibility index (Phi) is 4.40. The lowest BCUT2D eigenvalue weighted by Crippen LogP contribution is -2.48. The first-order valence-corrected chi connectivity index (χ1v) is 9.82. The number of nitrogen functional groups attached to an aromatic ring is 1. The number of carbonyl (C=O) groups is 1. The third-order valence-corrected chi connectivity index (χ3v) is 5.89. The van der Waals surface area contributed by atoms with Crippen LogP contribution >= 0.6 is 0 Å². The predicted molar refractivity (Wildman–Crippen MR) is 103 cm³/mol. The van der Waals surface area contributed by atoms with Crippen LogP contribution in [0.4, 0.5) is 5.95 Å². The minimum Gasteiger partial charge on any atom is -0.368 e. The lowest BCUT2D eigenvalue weighted by Gasteiger charge is -2.40. The number of nitrogens with two attached hydrogens (primary N) is 1. The van der Waals surface area contributed by atoms with Crippen LogP contribution in [0.2, 0.25) is 0 Å². The highest BCUT2D eigenvalue weighted by Gasteiger charge is 2.45. The molecule has 3 heterocycles. The molecule has 0 bridgehead atoms. The Labute approximate surface area is 160 Å². The number of fused-ring (bicyclic) bond motifs is 2. The largest absolute Gasteiger partial charge is 0.368 e. The first kappa shape index (κ1) is 17.9. The topological polar surface area (TPSA) is 89.9 Å². The van der Waals surface area contributed by atoms with Crippen LogP contribution in [0.3, 0.4) is 0 Å². The van der Waals surface area contributed by atoms with E-state index in [1.807, 2.05) is 24.2 Å². The van der Waals surface area contributed by atoms with Gasteiger partial charge in [0.1, 0.15) is 5.69 Å². The molecule has 7 heteroatoms. The Morgan fingerprint density at radius 2 is 2.19 bits per heavy atom. The molecule has 7 nitrogen and oxygen atoms in total. The molecule has 1 saturated heterocycles. The highest BCUT2D eigenvalue weighted by atomic mass is 16.2. The molecule has 1 unspecified atom stereocenters. The van der Waals surface area contributed by atoms with E-state index in [1.165, 1.54) is 5.56 Å². The van der Waals surface area contributed by atoms with Gasteiger partial charge in [-0.1, -0.05) is 13.8 Å². The number of hydrogen-bond acceptors (Lipinski definition) is 5. The fourth-order valence-electron chi connectivity index (χ4n) is 4.66. The van der Waals surface area contributed by atoms with E-state index >= 15 is 0 Å². The molecule has 0 aromatic carbocycles. The zero-order valence-corrected chi connectivity index (χ0v) is 16.4. The number of nitrogens with zero attached hydrogens (tertiary/aromatic N) is 5. The number of aryl methyl sites for hydroxylation is 2. The molecule has 1 fully saturated rings. The monoisotopic (exact) mass is 368 g/mol. The number of anilines is 1. The fraction of sp³-hybridized carbons (Fsp3) is 0.600. The van der Waals surface area contributed by atoms with E-state index in [9.17, 15) is 4.79 Å². The van der Waals surface area contributed by atoms with E-state index in [4.69, 9.17) is 5.73 Å². The van der Waals surface area contributed by atoms with Gasteiger partial charge in [0, 0.05) is 31.7 Å². The SMILES string of the molecule is CC(C)Cc1cc(C(=O)N2CCCC3(CCc4cnc(N)nc43)C2)n(C)n1. The maximum absolute atomic E-state index is 13.2. The van der Waals surface area contributed by atoms with Crippen molar-refractivity contribution in [2.24, 2.45) is 13.0 Å². The number of hydrogen-bond donors (Lipinski definition) is 1. The van der Waals surface area contributed by atoms with E-state index in [0.29, 0.717) is 24.1 Å². The molecule has 4 rings (SSSR count). The molecule has 0 radical (unpaired) electrons. The van der Waals surface area contributed by atoms with Gasteiger partial charge in [0.2, 0.25) is 5.95 Å². The van der Waals surface area contributed by atoms with Crippen molar-refractivity contribution in [1.82, 2.24) is 24.6 Å². The third kappa shape index (κ3) is 3.19. The van der Waals surface area contributed by atoms with Gasteiger partial charge in [0.05, 0.1) is 11.4 Å². The van der Waals surface area contributed by atoms with E-state index in [1.54, 1.807) is 4.68 Å². The molecule has 1 atom stereocenters. The van der Waals surface area contributed by atoms with Gasteiger partial charge in [-0.3, -0.25) is 9.48 Å². The van der Waals surface area contributed by atoms with Gasteiger partial charge in [0.15, 0.2) is 0 Å². The molecule has 1 aliphatic heterocycles. The molecular weight excluding hydrogens is 340 g/mol. The number of likely N-dealkylation sites (tertiary alicyclic amines) is 1. The second-order valence-electron chi connectivity index (χ2n) is 8.46. The van der Waals surface area contributed by atoms with Gasteiger partial charge in [-0.15, -0.1) is 0 Å². The number of carbonyl (C=O) groups excluding carboxylic acids is 1. The third-order valence-electron chi connectivity index (χ3n) is 5.89. The maximum atomic E-state index is 13.2. The summed E-state index contributed by atoms with van der Waals surface area (Å²) in [5.41, 5.74) is 9.65. The van der Waals surface area contributed by atoms with Crippen molar-refractivity contribution in [1.29, 1.82) is 0 Å². The quantitative estimate of drug-likeness (QED) is 0.896. The molecule has 2 aromatic heterocycles. The molecule has 2 aliphatic rings. The summed E-state index contributed by atoms with van der Waals surface area (Å²) in [4.78, 5) is 23.9. The molecule has 1 amide bonds. The molecule has 0 saturated carbocycles. The minimum absolute atomic E-state index is 0.0644. The Morgan fingerprint density at radius 1 is 1.37 bits per heavy atom. The zero-order valence-electron chi connectivity index (χ0n) is 16.4. The first-order chi connectivity index (χ1) is 12.9. The van der Waals surface area contributed by atoms with Gasteiger partial charge < -0.3 is 10.6 Å². The molecule has 2 aromatic rings. The van der Waals surface area contributed by atoms with Crippen LogP contribution in [0.15, 0.2) is 12.3 Å². The Hall–Kier alpha value is -2.44. The molecule has 2 N–H and O–H groups in total. The summed E-state index contributed by atoms with van der Waals surface area (Å²) in [6.45, 7) is 5.80. The Balaban J connectivity index is 1.59. The van der Waals surface area contributed by atoms with E-state index in [2.05, 4.69) is 28.9 Å². The number of aromatic nitrogens is 4. The molecule has 1 aliphatic carbocycles. The summed E-state index contributed by atoms with van der Waals surface area (Å²) < 4.78 is 1.73. The summed E-state index contributed by atoms with van der Waals surface area (Å²) in [7, 11) is 1.86. The van der Waals surface area contributed by atoms with E-state index < -0.39 is 0 Å².